The van der Waals surface area contributed by atoms with Crippen molar-refractivity contribution >= 4 is 40.0 Å². The summed E-state index contributed by atoms with van der Waals surface area (Å²) in [6.45, 7) is 1.26. The summed E-state index contributed by atoms with van der Waals surface area (Å²) in [6, 6.07) is 12.7. The van der Waals surface area contributed by atoms with Crippen LogP contribution in [0.3, 0.4) is 0 Å². The highest BCUT2D eigenvalue weighted by Gasteiger charge is 2.22. The van der Waals surface area contributed by atoms with Gasteiger partial charge in [-0.3, -0.25) is 4.79 Å². The summed E-state index contributed by atoms with van der Waals surface area (Å²) in [4.78, 5) is 12.8. The predicted octanol–water partition coefficient (Wildman–Crippen LogP) is 4.34. The Labute approximate surface area is 147 Å². The van der Waals surface area contributed by atoms with Crippen LogP contribution in [0.5, 0.6) is 5.75 Å². The molecule has 2 aromatic carbocycles. The molecule has 0 saturated carbocycles. The van der Waals surface area contributed by atoms with Crippen molar-refractivity contribution in [1.29, 1.82) is 0 Å². The molecule has 0 radical (unpaired) electrons. The SMILES string of the molecule is O=C(c1cc(I)ccc1Cl)c1ccccc1O[C@H]1CCOC1. The van der Waals surface area contributed by atoms with Gasteiger partial charge in [-0.15, -0.1) is 0 Å². The first-order chi connectivity index (χ1) is 10.6. The molecule has 3 nitrogen and oxygen atoms in total. The van der Waals surface area contributed by atoms with Crippen LogP contribution in [-0.2, 0) is 4.74 Å². The molecule has 0 aromatic heterocycles. The van der Waals surface area contributed by atoms with Crippen molar-refractivity contribution in [2.45, 2.75) is 12.5 Å². The van der Waals surface area contributed by atoms with E-state index in [2.05, 4.69) is 22.6 Å². The van der Waals surface area contributed by atoms with Gasteiger partial charge in [0.2, 0.25) is 0 Å². The zero-order valence-corrected chi connectivity index (χ0v) is 14.6. The van der Waals surface area contributed by atoms with Gasteiger partial charge in [-0.1, -0.05) is 23.7 Å². The van der Waals surface area contributed by atoms with Gasteiger partial charge in [-0.25, -0.2) is 0 Å². The molecule has 5 heteroatoms. The zero-order valence-electron chi connectivity index (χ0n) is 11.7. The molecule has 1 aliphatic heterocycles. The van der Waals surface area contributed by atoms with Crippen molar-refractivity contribution in [1.82, 2.24) is 0 Å². The molecule has 0 amide bonds. The third-order valence-corrected chi connectivity index (χ3v) is 4.49. The van der Waals surface area contributed by atoms with E-state index in [9.17, 15) is 4.79 Å². The molecule has 0 spiro atoms. The molecule has 1 heterocycles. The molecule has 3 rings (SSSR count). The summed E-state index contributed by atoms with van der Waals surface area (Å²) >= 11 is 8.34. The number of rotatable bonds is 4. The zero-order chi connectivity index (χ0) is 15.5. The molecule has 0 aliphatic carbocycles. The maximum absolute atomic E-state index is 12.8. The molecule has 0 unspecified atom stereocenters. The van der Waals surface area contributed by atoms with Crippen LogP contribution in [0.2, 0.25) is 5.02 Å². The lowest BCUT2D eigenvalue weighted by Gasteiger charge is -2.15. The van der Waals surface area contributed by atoms with Gasteiger partial charge in [0.1, 0.15) is 11.9 Å². The van der Waals surface area contributed by atoms with Crippen LogP contribution in [0.15, 0.2) is 42.5 Å². The second kappa shape index (κ2) is 6.98. The van der Waals surface area contributed by atoms with Gasteiger partial charge in [-0.2, -0.15) is 0 Å². The van der Waals surface area contributed by atoms with E-state index in [1.165, 1.54) is 0 Å². The first kappa shape index (κ1) is 15.8. The fraction of sp³-hybridized carbons (Fsp3) is 0.235. The van der Waals surface area contributed by atoms with Crippen LogP contribution in [0.1, 0.15) is 22.3 Å². The van der Waals surface area contributed by atoms with Crippen molar-refractivity contribution in [2.24, 2.45) is 0 Å². The average Bonchev–Trinajstić information content (AvgIpc) is 3.02. The lowest BCUT2D eigenvalue weighted by molar-refractivity contribution is 0.102. The van der Waals surface area contributed by atoms with Gasteiger partial charge >= 0.3 is 0 Å². The van der Waals surface area contributed by atoms with Crippen LogP contribution < -0.4 is 4.74 Å². The molecule has 22 heavy (non-hydrogen) atoms. The molecule has 1 fully saturated rings. The highest BCUT2D eigenvalue weighted by molar-refractivity contribution is 14.1. The Balaban J connectivity index is 1.93. The first-order valence-corrected chi connectivity index (χ1v) is 8.44. The Bertz CT molecular complexity index is 696. The second-order valence-electron chi connectivity index (χ2n) is 5.05. The maximum Gasteiger partial charge on any atom is 0.198 e. The second-order valence-corrected chi connectivity index (χ2v) is 6.71. The Morgan fingerprint density at radius 1 is 1.23 bits per heavy atom. The van der Waals surface area contributed by atoms with Gasteiger partial charge in [0.25, 0.3) is 0 Å². The van der Waals surface area contributed by atoms with E-state index >= 15 is 0 Å². The lowest BCUT2D eigenvalue weighted by Crippen LogP contribution is -2.17. The van der Waals surface area contributed by atoms with E-state index in [1.807, 2.05) is 24.3 Å². The summed E-state index contributed by atoms with van der Waals surface area (Å²) in [5.74, 6) is 0.455. The topological polar surface area (TPSA) is 35.5 Å². The Kier molecular flexibility index (Phi) is 5.00. The minimum Gasteiger partial charge on any atom is -0.487 e. The van der Waals surface area contributed by atoms with Crippen LogP contribution in [0.25, 0.3) is 0 Å². The largest absolute Gasteiger partial charge is 0.487 e. The molecule has 1 saturated heterocycles. The molecule has 1 aliphatic rings. The summed E-state index contributed by atoms with van der Waals surface area (Å²) in [6.07, 6.45) is 0.840. The number of carbonyl (C=O) groups excluding carboxylic acids is 1. The third-order valence-electron chi connectivity index (χ3n) is 3.49. The molecule has 0 bridgehead atoms. The van der Waals surface area contributed by atoms with Crippen LogP contribution in [0.4, 0.5) is 0 Å². The first-order valence-electron chi connectivity index (χ1n) is 6.98. The van der Waals surface area contributed by atoms with E-state index in [1.54, 1.807) is 18.2 Å². The monoisotopic (exact) mass is 428 g/mol. The maximum atomic E-state index is 12.8. The summed E-state index contributed by atoms with van der Waals surface area (Å²) in [5, 5.41) is 0.449. The van der Waals surface area contributed by atoms with Crippen LogP contribution >= 0.6 is 34.2 Å². The molecule has 114 valence electrons. The number of carbonyl (C=O) groups is 1. The standard InChI is InChI=1S/C17H14ClIO3/c18-15-6-5-11(19)9-14(15)17(20)13-3-1-2-4-16(13)22-12-7-8-21-10-12/h1-6,9,12H,7-8,10H2/t12-/m0/s1. The number of ether oxygens (including phenoxy) is 2. The smallest absolute Gasteiger partial charge is 0.198 e. The number of para-hydroxylation sites is 1. The van der Waals surface area contributed by atoms with Crippen molar-refractivity contribution in [3.05, 3.63) is 62.2 Å². The van der Waals surface area contributed by atoms with E-state index in [4.69, 9.17) is 21.1 Å². The third kappa shape index (κ3) is 3.45. The molecule has 2 aromatic rings. The Morgan fingerprint density at radius 2 is 2.05 bits per heavy atom. The minimum absolute atomic E-state index is 0.000307. The van der Waals surface area contributed by atoms with Gasteiger partial charge in [0, 0.05) is 15.6 Å². The minimum atomic E-state index is -0.127. The van der Waals surface area contributed by atoms with Crippen molar-refractivity contribution in [3.8, 4) is 5.75 Å². The fourth-order valence-electron chi connectivity index (χ4n) is 2.36. The van der Waals surface area contributed by atoms with E-state index < -0.39 is 0 Å². The highest BCUT2D eigenvalue weighted by atomic mass is 127. The predicted molar refractivity (Wildman–Crippen MR) is 93.9 cm³/mol. The number of hydrogen-bond acceptors (Lipinski definition) is 3. The summed E-state index contributed by atoms with van der Waals surface area (Å²) < 4.78 is 12.2. The van der Waals surface area contributed by atoms with Crippen molar-refractivity contribution in [3.63, 3.8) is 0 Å². The van der Waals surface area contributed by atoms with E-state index in [0.717, 1.165) is 9.99 Å². The van der Waals surface area contributed by atoms with Gasteiger partial charge < -0.3 is 9.47 Å². The molecular formula is C17H14ClIO3. The average molecular weight is 429 g/mol. The summed E-state index contributed by atoms with van der Waals surface area (Å²) in [7, 11) is 0. The van der Waals surface area contributed by atoms with Gasteiger partial charge in [-0.05, 0) is 52.9 Å². The Hall–Kier alpha value is -1.11. The molecular weight excluding hydrogens is 415 g/mol. The number of ketones is 1. The van der Waals surface area contributed by atoms with Crippen LogP contribution in [-0.4, -0.2) is 25.1 Å². The fourth-order valence-corrected chi connectivity index (χ4v) is 3.05. The lowest BCUT2D eigenvalue weighted by atomic mass is 10.0. The normalized spacial score (nSPS) is 17.5. The highest BCUT2D eigenvalue weighted by Crippen LogP contribution is 2.28. The van der Waals surface area contributed by atoms with Crippen molar-refractivity contribution < 1.29 is 14.3 Å². The number of hydrogen-bond donors (Lipinski definition) is 0. The van der Waals surface area contributed by atoms with Crippen LogP contribution in [0, 0.1) is 3.57 Å². The molecule has 1 atom stereocenters. The van der Waals surface area contributed by atoms with Gasteiger partial charge in [0.15, 0.2) is 5.78 Å². The number of benzene rings is 2. The van der Waals surface area contributed by atoms with E-state index in [-0.39, 0.29) is 11.9 Å². The van der Waals surface area contributed by atoms with E-state index in [0.29, 0.717) is 35.1 Å². The quantitative estimate of drug-likeness (QED) is 0.537. The van der Waals surface area contributed by atoms with Gasteiger partial charge in [0.05, 0.1) is 23.8 Å². The summed E-state index contributed by atoms with van der Waals surface area (Å²) in [5.41, 5.74) is 1.02. The molecule has 0 N–H and O–H groups in total. The van der Waals surface area contributed by atoms with Crippen molar-refractivity contribution in [2.75, 3.05) is 13.2 Å². The number of halogens is 2. The Morgan fingerprint density at radius 3 is 2.82 bits per heavy atom.